The Labute approximate surface area is 121 Å². The molecule has 0 aliphatic carbocycles. The molecule has 20 heavy (non-hydrogen) atoms. The van der Waals surface area contributed by atoms with Crippen molar-refractivity contribution < 1.29 is 4.74 Å². The maximum Gasteiger partial charge on any atom is 0.142 e. The van der Waals surface area contributed by atoms with Crippen LogP contribution in [-0.2, 0) is 0 Å². The monoisotopic (exact) mass is 270 g/mol. The summed E-state index contributed by atoms with van der Waals surface area (Å²) in [5.41, 5.74) is 3.45. The summed E-state index contributed by atoms with van der Waals surface area (Å²) in [5.74, 6) is 0.924. The molecule has 0 radical (unpaired) electrons. The van der Waals surface area contributed by atoms with Crippen molar-refractivity contribution >= 4 is 5.69 Å². The Balaban J connectivity index is 2.15. The predicted molar refractivity (Wildman–Crippen MR) is 83.2 cm³/mol. The highest BCUT2D eigenvalue weighted by atomic mass is 16.5. The van der Waals surface area contributed by atoms with Gasteiger partial charge in [-0.2, -0.15) is 0 Å². The van der Waals surface area contributed by atoms with Gasteiger partial charge in [0.2, 0.25) is 0 Å². The second-order valence-electron chi connectivity index (χ2n) is 4.99. The summed E-state index contributed by atoms with van der Waals surface area (Å²) >= 11 is 0. The van der Waals surface area contributed by atoms with E-state index in [-0.39, 0.29) is 6.04 Å². The Morgan fingerprint density at radius 1 is 1.20 bits per heavy atom. The van der Waals surface area contributed by atoms with Crippen molar-refractivity contribution in [2.45, 2.75) is 33.2 Å². The number of hydrogen-bond acceptors (Lipinski definition) is 3. The van der Waals surface area contributed by atoms with Crippen LogP contribution in [0.3, 0.4) is 0 Å². The smallest absolute Gasteiger partial charge is 0.142 e. The molecule has 0 fully saturated rings. The van der Waals surface area contributed by atoms with Crippen molar-refractivity contribution in [3.63, 3.8) is 0 Å². The number of hydrogen-bond donors (Lipinski definition) is 1. The molecule has 1 atom stereocenters. The zero-order valence-electron chi connectivity index (χ0n) is 12.4. The van der Waals surface area contributed by atoms with E-state index in [9.17, 15) is 0 Å². The van der Waals surface area contributed by atoms with E-state index in [1.807, 2.05) is 24.5 Å². The normalized spacial score (nSPS) is 11.9. The summed E-state index contributed by atoms with van der Waals surface area (Å²) in [6.45, 7) is 7.07. The molecular formula is C17H22N2O. The Bertz CT molecular complexity index is 540. The maximum atomic E-state index is 5.83. The fourth-order valence-corrected chi connectivity index (χ4v) is 2.05. The lowest BCUT2D eigenvalue weighted by atomic mass is 10.1. The first-order chi connectivity index (χ1) is 9.70. The molecule has 1 unspecified atom stereocenters. The zero-order chi connectivity index (χ0) is 14.4. The molecule has 1 heterocycles. The Hall–Kier alpha value is -2.03. The van der Waals surface area contributed by atoms with Gasteiger partial charge >= 0.3 is 0 Å². The van der Waals surface area contributed by atoms with Gasteiger partial charge in [-0.1, -0.05) is 13.0 Å². The highest BCUT2D eigenvalue weighted by Crippen LogP contribution is 2.29. The third kappa shape index (κ3) is 3.73. The van der Waals surface area contributed by atoms with Gasteiger partial charge in [0.1, 0.15) is 5.75 Å². The summed E-state index contributed by atoms with van der Waals surface area (Å²) < 4.78 is 5.83. The molecule has 1 aromatic heterocycles. The number of benzene rings is 1. The first-order valence-corrected chi connectivity index (χ1v) is 7.10. The van der Waals surface area contributed by atoms with Crippen molar-refractivity contribution in [3.8, 4) is 5.75 Å². The lowest BCUT2D eigenvalue weighted by molar-refractivity contribution is 0.318. The van der Waals surface area contributed by atoms with Crippen LogP contribution in [0.2, 0.25) is 0 Å². The summed E-state index contributed by atoms with van der Waals surface area (Å²) in [5, 5.41) is 3.51. The number of ether oxygens (including phenoxy) is 1. The topological polar surface area (TPSA) is 34.1 Å². The van der Waals surface area contributed by atoms with Crippen LogP contribution in [0.25, 0.3) is 0 Å². The van der Waals surface area contributed by atoms with E-state index in [2.05, 4.69) is 49.3 Å². The number of nitrogens with one attached hydrogen (secondary N) is 1. The van der Waals surface area contributed by atoms with Crippen molar-refractivity contribution in [1.82, 2.24) is 4.98 Å². The zero-order valence-corrected chi connectivity index (χ0v) is 12.4. The van der Waals surface area contributed by atoms with E-state index in [1.165, 1.54) is 11.1 Å². The molecule has 0 bridgehead atoms. The van der Waals surface area contributed by atoms with Gasteiger partial charge < -0.3 is 10.1 Å². The molecule has 3 nitrogen and oxygen atoms in total. The number of aromatic nitrogens is 1. The van der Waals surface area contributed by atoms with Gasteiger partial charge in [0.15, 0.2) is 0 Å². The number of nitrogens with zero attached hydrogens (tertiary/aromatic N) is 1. The molecule has 1 aromatic carbocycles. The largest absolute Gasteiger partial charge is 0.491 e. The fourth-order valence-electron chi connectivity index (χ4n) is 2.05. The van der Waals surface area contributed by atoms with E-state index in [4.69, 9.17) is 4.74 Å². The predicted octanol–water partition coefficient (Wildman–Crippen LogP) is 4.35. The van der Waals surface area contributed by atoms with Crippen LogP contribution in [0.1, 0.15) is 37.4 Å². The SMILES string of the molecule is CCCOc1cc(C)ccc1NC(C)c1ccncc1. The lowest BCUT2D eigenvalue weighted by Crippen LogP contribution is -2.08. The molecule has 0 spiro atoms. The summed E-state index contributed by atoms with van der Waals surface area (Å²) in [7, 11) is 0. The first-order valence-electron chi connectivity index (χ1n) is 7.10. The van der Waals surface area contributed by atoms with Crippen molar-refractivity contribution in [2.24, 2.45) is 0 Å². The summed E-state index contributed by atoms with van der Waals surface area (Å²) in [6, 6.07) is 10.5. The molecule has 0 saturated carbocycles. The molecule has 3 heteroatoms. The molecule has 2 rings (SSSR count). The highest BCUT2D eigenvalue weighted by molar-refractivity contribution is 5.58. The van der Waals surface area contributed by atoms with Gasteiger partial charge in [-0.15, -0.1) is 0 Å². The Kier molecular flexibility index (Phi) is 4.99. The summed E-state index contributed by atoms with van der Waals surface area (Å²) in [4.78, 5) is 4.05. The van der Waals surface area contributed by atoms with Crippen molar-refractivity contribution in [1.29, 1.82) is 0 Å². The molecule has 0 aliphatic rings. The van der Waals surface area contributed by atoms with Crippen molar-refractivity contribution in [3.05, 3.63) is 53.9 Å². The lowest BCUT2D eigenvalue weighted by Gasteiger charge is -2.19. The molecule has 0 aliphatic heterocycles. The van der Waals surface area contributed by atoms with Crippen molar-refractivity contribution in [2.75, 3.05) is 11.9 Å². The van der Waals surface area contributed by atoms with Crippen LogP contribution in [-0.4, -0.2) is 11.6 Å². The van der Waals surface area contributed by atoms with Gasteiger partial charge in [0.25, 0.3) is 0 Å². The van der Waals surface area contributed by atoms with Crippen LogP contribution >= 0.6 is 0 Å². The maximum absolute atomic E-state index is 5.83. The Morgan fingerprint density at radius 2 is 1.95 bits per heavy atom. The molecule has 1 N–H and O–H groups in total. The third-order valence-electron chi connectivity index (χ3n) is 3.18. The van der Waals surface area contributed by atoms with Crippen LogP contribution < -0.4 is 10.1 Å². The van der Waals surface area contributed by atoms with Gasteiger partial charge in [-0.3, -0.25) is 4.98 Å². The van der Waals surface area contributed by atoms with Gasteiger partial charge in [-0.05, 0) is 55.7 Å². The summed E-state index contributed by atoms with van der Waals surface area (Å²) in [6.07, 6.45) is 4.64. The number of pyridine rings is 1. The highest BCUT2D eigenvalue weighted by Gasteiger charge is 2.09. The molecule has 2 aromatic rings. The van der Waals surface area contributed by atoms with Crippen LogP contribution in [0.4, 0.5) is 5.69 Å². The van der Waals surface area contributed by atoms with E-state index < -0.39 is 0 Å². The first kappa shape index (κ1) is 14.4. The molecule has 0 amide bonds. The number of anilines is 1. The molecular weight excluding hydrogens is 248 g/mol. The van der Waals surface area contributed by atoms with Gasteiger partial charge in [0.05, 0.1) is 12.3 Å². The van der Waals surface area contributed by atoms with E-state index in [1.54, 1.807) is 0 Å². The number of rotatable bonds is 6. The fraction of sp³-hybridized carbons (Fsp3) is 0.353. The van der Waals surface area contributed by atoms with Gasteiger partial charge in [-0.25, -0.2) is 0 Å². The quantitative estimate of drug-likeness (QED) is 0.847. The van der Waals surface area contributed by atoms with E-state index >= 15 is 0 Å². The second-order valence-corrected chi connectivity index (χ2v) is 4.99. The minimum atomic E-state index is 0.213. The van der Waals surface area contributed by atoms with Gasteiger partial charge in [0, 0.05) is 18.4 Å². The average Bonchev–Trinajstić information content (AvgIpc) is 2.48. The molecule has 106 valence electrons. The second kappa shape index (κ2) is 6.94. The van der Waals surface area contributed by atoms with E-state index in [0.29, 0.717) is 0 Å². The third-order valence-corrected chi connectivity index (χ3v) is 3.18. The standard InChI is InChI=1S/C17H22N2O/c1-4-11-20-17-12-13(2)5-6-16(17)19-14(3)15-7-9-18-10-8-15/h5-10,12,14,19H,4,11H2,1-3H3. The van der Waals surface area contributed by atoms with E-state index in [0.717, 1.165) is 24.5 Å². The van der Waals surface area contributed by atoms with Crippen LogP contribution in [0.15, 0.2) is 42.7 Å². The number of aryl methyl sites for hydroxylation is 1. The van der Waals surface area contributed by atoms with Crippen LogP contribution in [0, 0.1) is 6.92 Å². The minimum absolute atomic E-state index is 0.213. The minimum Gasteiger partial charge on any atom is -0.491 e. The average molecular weight is 270 g/mol. The molecule has 0 saturated heterocycles. The van der Waals surface area contributed by atoms with Crippen LogP contribution in [0.5, 0.6) is 5.75 Å². The Morgan fingerprint density at radius 3 is 2.65 bits per heavy atom.